The van der Waals surface area contributed by atoms with Gasteiger partial charge in [-0.15, -0.1) is 12.4 Å². The van der Waals surface area contributed by atoms with Crippen molar-refractivity contribution in [3.8, 4) is 5.69 Å². The van der Waals surface area contributed by atoms with E-state index in [4.69, 9.17) is 0 Å². The van der Waals surface area contributed by atoms with Gasteiger partial charge in [-0.1, -0.05) is 18.2 Å². The zero-order chi connectivity index (χ0) is 21.7. The summed E-state index contributed by atoms with van der Waals surface area (Å²) in [5.41, 5.74) is -4.71. The van der Waals surface area contributed by atoms with Gasteiger partial charge in [-0.05, 0) is 36.2 Å². The van der Waals surface area contributed by atoms with Gasteiger partial charge in [-0.25, -0.2) is 22.7 Å². The number of hydrogen-bond acceptors (Lipinski definition) is 5. The number of benzene rings is 1. The van der Waals surface area contributed by atoms with Crippen LogP contribution in [0.1, 0.15) is 5.56 Å². The lowest BCUT2D eigenvalue weighted by molar-refractivity contribution is -0.0447. The Morgan fingerprint density at radius 2 is 1.61 bits per heavy atom. The Balaban J connectivity index is 0.00000272. The number of aromatic nitrogens is 3. The van der Waals surface area contributed by atoms with Crippen LogP contribution in [0.2, 0.25) is 0 Å². The lowest BCUT2D eigenvalue weighted by Gasteiger charge is -2.10. The molecule has 0 spiro atoms. The monoisotopic (exact) mass is 474 g/mol. The molecule has 4 aromatic rings. The average molecular weight is 475 g/mol. The summed E-state index contributed by atoms with van der Waals surface area (Å²) in [7, 11) is -5.41. The summed E-state index contributed by atoms with van der Waals surface area (Å²) in [6, 6.07) is 10.8. The van der Waals surface area contributed by atoms with Crippen molar-refractivity contribution in [1.82, 2.24) is 18.7 Å². The highest BCUT2D eigenvalue weighted by Gasteiger charge is 2.45. The van der Waals surface area contributed by atoms with Gasteiger partial charge in [0, 0.05) is 6.54 Å². The quantitative estimate of drug-likeness (QED) is 0.475. The van der Waals surface area contributed by atoms with E-state index in [0.717, 1.165) is 4.57 Å². The minimum Gasteiger partial charge on any atom is -0.283 e. The molecule has 0 amide bonds. The fourth-order valence-corrected chi connectivity index (χ4v) is 3.67. The minimum absolute atomic E-state index is 0. The number of hydrogen-bond donors (Lipinski definition) is 1. The molecule has 0 saturated heterocycles. The molecule has 0 fully saturated rings. The van der Waals surface area contributed by atoms with Gasteiger partial charge in [0.1, 0.15) is 16.7 Å². The maximum Gasteiger partial charge on any atom is 0.511 e. The topological polar surface area (TPSA) is 103 Å². The minimum atomic E-state index is -5.41. The van der Waals surface area contributed by atoms with Crippen LogP contribution in [0.25, 0.3) is 22.4 Å². The average Bonchev–Trinajstić information content (AvgIpc) is 3.12. The number of halogens is 4. The molecule has 0 aliphatic rings. The van der Waals surface area contributed by atoms with Gasteiger partial charge in [-0.2, -0.15) is 13.2 Å². The lowest BCUT2D eigenvalue weighted by Crippen LogP contribution is -2.37. The van der Waals surface area contributed by atoms with E-state index in [1.807, 2.05) is 0 Å². The predicted molar refractivity (Wildman–Crippen MR) is 110 cm³/mol. The first-order valence-electron chi connectivity index (χ1n) is 8.60. The largest absolute Gasteiger partial charge is 0.511 e. The smallest absolute Gasteiger partial charge is 0.283 e. The molecule has 1 N–H and O–H groups in total. The van der Waals surface area contributed by atoms with E-state index >= 15 is 0 Å². The molecule has 1 aromatic carbocycles. The zero-order valence-electron chi connectivity index (χ0n) is 15.5. The third-order valence-electron chi connectivity index (χ3n) is 4.58. The molecule has 0 saturated carbocycles. The molecule has 13 heteroatoms. The molecule has 4 rings (SSSR count). The molecule has 8 nitrogen and oxygen atoms in total. The number of rotatable bonds is 5. The summed E-state index contributed by atoms with van der Waals surface area (Å²) >= 11 is 0. The highest BCUT2D eigenvalue weighted by atomic mass is 35.5. The van der Waals surface area contributed by atoms with Gasteiger partial charge >= 0.3 is 15.5 Å². The molecule has 0 aliphatic heterocycles. The molecule has 0 radical (unpaired) electrons. The van der Waals surface area contributed by atoms with Crippen molar-refractivity contribution in [3.05, 3.63) is 74.9 Å². The third kappa shape index (κ3) is 3.89. The Kier molecular flexibility index (Phi) is 5.82. The molecule has 3 heterocycles. The Morgan fingerprint density at radius 3 is 2.26 bits per heavy atom. The van der Waals surface area contributed by atoms with Crippen molar-refractivity contribution in [1.29, 1.82) is 0 Å². The van der Waals surface area contributed by atoms with Crippen molar-refractivity contribution in [2.45, 2.75) is 11.9 Å². The highest BCUT2D eigenvalue weighted by Crippen LogP contribution is 2.21. The second-order valence-corrected chi connectivity index (χ2v) is 8.21. The summed E-state index contributed by atoms with van der Waals surface area (Å²) in [5, 5.41) is 0. The van der Waals surface area contributed by atoms with Gasteiger partial charge in [-0.3, -0.25) is 14.0 Å². The van der Waals surface area contributed by atoms with E-state index in [9.17, 15) is 31.2 Å². The molecule has 164 valence electrons. The molecule has 3 aromatic heterocycles. The van der Waals surface area contributed by atoms with Crippen molar-refractivity contribution < 1.29 is 21.6 Å². The number of nitrogens with zero attached hydrogens (tertiary/aromatic N) is 3. The number of imidazole rings is 1. The van der Waals surface area contributed by atoms with Crippen LogP contribution in [-0.4, -0.2) is 34.4 Å². The number of pyridine rings is 1. The van der Waals surface area contributed by atoms with E-state index in [-0.39, 0.29) is 35.5 Å². The standard InChI is InChI=1S/C18H13F3N4O4S.ClH/c19-18(20,21)30(28,29)23-9-8-11-4-6-12(7-5-11)24-16(26)13-2-1-3-15-22-10-14(17(24)27)25(13)15;/h1-7,10,23H,8-9H2;1H. The van der Waals surface area contributed by atoms with E-state index in [1.54, 1.807) is 18.2 Å². The zero-order valence-corrected chi connectivity index (χ0v) is 17.1. The molecule has 0 aliphatic carbocycles. The van der Waals surface area contributed by atoms with Crippen LogP contribution in [-0.2, 0) is 16.4 Å². The first kappa shape index (κ1) is 22.7. The molecule has 31 heavy (non-hydrogen) atoms. The van der Waals surface area contributed by atoms with Crippen molar-refractivity contribution in [2.24, 2.45) is 0 Å². The molecule has 0 atom stereocenters. The van der Waals surface area contributed by atoms with Crippen molar-refractivity contribution in [2.75, 3.05) is 6.54 Å². The van der Waals surface area contributed by atoms with Crippen LogP contribution in [0.5, 0.6) is 0 Å². The maximum absolute atomic E-state index is 12.8. The van der Waals surface area contributed by atoms with Crippen molar-refractivity contribution in [3.63, 3.8) is 0 Å². The fourth-order valence-electron chi connectivity index (χ4n) is 3.13. The Labute approximate surface area is 178 Å². The normalized spacial score (nSPS) is 12.4. The van der Waals surface area contributed by atoms with E-state index in [2.05, 4.69) is 4.98 Å². The van der Waals surface area contributed by atoms with Crippen LogP contribution in [0.3, 0.4) is 0 Å². The Bertz CT molecular complexity index is 1460. The van der Waals surface area contributed by atoms with Gasteiger partial charge in [0.2, 0.25) is 0 Å². The SMILES string of the molecule is Cl.O=c1c2cccc3ncc(c(=O)n1-c1ccc(CCNS(=O)(=O)C(F)(F)F)cc1)n32. The van der Waals surface area contributed by atoms with Crippen LogP contribution < -0.4 is 15.8 Å². The third-order valence-corrected chi connectivity index (χ3v) is 5.77. The summed E-state index contributed by atoms with van der Waals surface area (Å²) in [6.45, 7) is -0.454. The van der Waals surface area contributed by atoms with E-state index in [0.29, 0.717) is 11.2 Å². The maximum atomic E-state index is 12.8. The first-order chi connectivity index (χ1) is 14.1. The van der Waals surface area contributed by atoms with Gasteiger partial charge < -0.3 is 0 Å². The summed E-state index contributed by atoms with van der Waals surface area (Å²) in [4.78, 5) is 29.8. The fraction of sp³-hybridized carbons (Fsp3) is 0.167. The number of sulfonamides is 1. The van der Waals surface area contributed by atoms with Gasteiger partial charge in [0.25, 0.3) is 11.1 Å². The molecule has 0 unspecified atom stereocenters. The van der Waals surface area contributed by atoms with Gasteiger partial charge in [0.15, 0.2) is 0 Å². The van der Waals surface area contributed by atoms with Crippen LogP contribution >= 0.6 is 12.4 Å². The highest BCUT2D eigenvalue weighted by molar-refractivity contribution is 7.90. The summed E-state index contributed by atoms with van der Waals surface area (Å²) < 4.78 is 62.9. The second-order valence-electron chi connectivity index (χ2n) is 6.45. The number of alkyl halides is 3. The molecular formula is C18H14ClF3N4O4S. The van der Waals surface area contributed by atoms with Crippen LogP contribution in [0, 0.1) is 0 Å². The van der Waals surface area contributed by atoms with Gasteiger partial charge in [0.05, 0.1) is 11.9 Å². The Hall–Kier alpha value is -2.96. The predicted octanol–water partition coefficient (Wildman–Crippen LogP) is 1.84. The number of nitrogens with one attached hydrogen (secondary N) is 1. The second kappa shape index (κ2) is 7.94. The Morgan fingerprint density at radius 1 is 0.968 bits per heavy atom. The molecule has 0 bridgehead atoms. The van der Waals surface area contributed by atoms with Crippen LogP contribution in [0.4, 0.5) is 13.2 Å². The van der Waals surface area contributed by atoms with Crippen molar-refractivity contribution >= 4 is 39.1 Å². The summed E-state index contributed by atoms with van der Waals surface area (Å²) in [5.74, 6) is 0. The van der Waals surface area contributed by atoms with E-state index in [1.165, 1.54) is 39.6 Å². The summed E-state index contributed by atoms with van der Waals surface area (Å²) in [6.07, 6.45) is 1.37. The lowest BCUT2D eigenvalue weighted by atomic mass is 10.1. The molecular weight excluding hydrogens is 461 g/mol. The van der Waals surface area contributed by atoms with Crippen LogP contribution in [0.15, 0.2) is 58.3 Å². The first-order valence-corrected chi connectivity index (χ1v) is 10.1. The van der Waals surface area contributed by atoms with E-state index < -0.39 is 33.2 Å².